The standard InChI is InChI=1S/C4H6N2OS/c1-4(3-7)8-6-5-2/h3H,1H2,2H3. The first kappa shape index (κ1) is 7.36. The molecule has 44 valence electrons. The molecule has 0 fully saturated rings. The van der Waals surface area contributed by atoms with Gasteiger partial charge >= 0.3 is 0 Å². The maximum Gasteiger partial charge on any atom is 0.157 e. The van der Waals surface area contributed by atoms with Crippen molar-refractivity contribution in [1.82, 2.24) is 0 Å². The number of allylic oxidation sites excluding steroid dienone is 1. The molecule has 0 amide bonds. The molecule has 0 atom stereocenters. The first-order valence-corrected chi connectivity index (χ1v) is 2.69. The SMILES string of the molecule is C=C(C=O)SN=NC. The van der Waals surface area contributed by atoms with Gasteiger partial charge in [0.2, 0.25) is 0 Å². The van der Waals surface area contributed by atoms with Crippen LogP contribution in [0.2, 0.25) is 0 Å². The Bertz CT molecular complexity index is 121. The maximum atomic E-state index is 9.79. The molecule has 0 saturated carbocycles. The van der Waals surface area contributed by atoms with Crippen molar-refractivity contribution >= 4 is 18.2 Å². The summed E-state index contributed by atoms with van der Waals surface area (Å²) >= 11 is 0.972. The number of carbonyl (C=O) groups is 1. The summed E-state index contributed by atoms with van der Waals surface area (Å²) in [6.45, 7) is 3.35. The van der Waals surface area contributed by atoms with Crippen LogP contribution in [0.15, 0.2) is 21.1 Å². The van der Waals surface area contributed by atoms with Gasteiger partial charge in [-0.05, 0) is 0 Å². The van der Waals surface area contributed by atoms with Crippen LogP contribution in [0.1, 0.15) is 0 Å². The van der Waals surface area contributed by atoms with E-state index in [1.165, 1.54) is 7.05 Å². The van der Waals surface area contributed by atoms with Crippen molar-refractivity contribution < 1.29 is 4.79 Å². The van der Waals surface area contributed by atoms with Crippen LogP contribution in [0.25, 0.3) is 0 Å². The fourth-order valence-corrected chi connectivity index (χ4v) is 0.344. The normalized spacial score (nSPS) is 9.62. The van der Waals surface area contributed by atoms with E-state index in [-0.39, 0.29) is 0 Å². The second kappa shape index (κ2) is 4.52. The summed E-state index contributed by atoms with van der Waals surface area (Å²) in [6, 6.07) is 0. The van der Waals surface area contributed by atoms with E-state index in [1.807, 2.05) is 0 Å². The Morgan fingerprint density at radius 3 is 2.88 bits per heavy atom. The summed E-state index contributed by atoms with van der Waals surface area (Å²) in [5.74, 6) is 0. The van der Waals surface area contributed by atoms with E-state index < -0.39 is 0 Å². The number of aldehydes is 1. The van der Waals surface area contributed by atoms with Gasteiger partial charge in [-0.15, -0.1) is 4.52 Å². The van der Waals surface area contributed by atoms with E-state index in [2.05, 4.69) is 16.2 Å². The molecule has 0 N–H and O–H groups in total. The van der Waals surface area contributed by atoms with Crippen LogP contribution < -0.4 is 0 Å². The molecule has 0 aliphatic carbocycles. The van der Waals surface area contributed by atoms with Crippen molar-refractivity contribution in [2.24, 2.45) is 9.63 Å². The Kier molecular flexibility index (Phi) is 4.16. The van der Waals surface area contributed by atoms with Crippen molar-refractivity contribution in [2.45, 2.75) is 0 Å². The highest BCUT2D eigenvalue weighted by molar-refractivity contribution is 8.02. The summed E-state index contributed by atoms with van der Waals surface area (Å²) < 4.78 is 3.45. The summed E-state index contributed by atoms with van der Waals surface area (Å²) in [5.41, 5.74) is 0. The van der Waals surface area contributed by atoms with Gasteiger partial charge in [0.05, 0.1) is 4.91 Å². The Balaban J connectivity index is 3.39. The summed E-state index contributed by atoms with van der Waals surface area (Å²) in [7, 11) is 1.53. The number of carbonyl (C=O) groups excluding carboxylic acids is 1. The molecule has 0 aromatic carbocycles. The van der Waals surface area contributed by atoms with Gasteiger partial charge in [0, 0.05) is 19.0 Å². The Morgan fingerprint density at radius 2 is 2.50 bits per heavy atom. The topological polar surface area (TPSA) is 41.8 Å². The third-order valence-electron chi connectivity index (χ3n) is 0.371. The van der Waals surface area contributed by atoms with E-state index >= 15 is 0 Å². The van der Waals surface area contributed by atoms with Crippen molar-refractivity contribution in [1.29, 1.82) is 0 Å². The lowest BCUT2D eigenvalue weighted by molar-refractivity contribution is -0.104. The highest BCUT2D eigenvalue weighted by atomic mass is 32.2. The second-order valence-electron chi connectivity index (χ2n) is 0.957. The molecule has 0 spiro atoms. The van der Waals surface area contributed by atoms with Gasteiger partial charge in [-0.1, -0.05) is 6.58 Å². The molecule has 0 aromatic heterocycles. The fraction of sp³-hybridized carbons (Fsp3) is 0.250. The zero-order valence-electron chi connectivity index (χ0n) is 4.50. The molecule has 0 unspecified atom stereocenters. The molecule has 0 aromatic rings. The summed E-state index contributed by atoms with van der Waals surface area (Å²) in [4.78, 5) is 10.2. The first-order valence-electron chi connectivity index (χ1n) is 1.91. The lowest BCUT2D eigenvalue weighted by Gasteiger charge is -1.81. The van der Waals surface area contributed by atoms with Gasteiger partial charge in [-0.3, -0.25) is 4.79 Å². The number of hydrogen-bond donors (Lipinski definition) is 0. The molecular weight excluding hydrogens is 124 g/mol. The molecule has 0 radical (unpaired) electrons. The quantitative estimate of drug-likeness (QED) is 0.251. The molecule has 0 rings (SSSR count). The third kappa shape index (κ3) is 3.55. The number of hydrogen-bond acceptors (Lipinski definition) is 4. The Hall–Kier alpha value is -0.640. The van der Waals surface area contributed by atoms with Crippen LogP contribution in [0.5, 0.6) is 0 Å². The molecule has 0 bridgehead atoms. The lowest BCUT2D eigenvalue weighted by Crippen LogP contribution is -1.67. The zero-order valence-corrected chi connectivity index (χ0v) is 5.31. The highest BCUT2D eigenvalue weighted by Gasteiger charge is 1.85. The molecule has 4 heteroatoms. The monoisotopic (exact) mass is 130 g/mol. The number of rotatable bonds is 3. The minimum Gasteiger partial charge on any atom is -0.297 e. The van der Waals surface area contributed by atoms with E-state index in [9.17, 15) is 4.79 Å². The van der Waals surface area contributed by atoms with E-state index in [1.54, 1.807) is 0 Å². The van der Waals surface area contributed by atoms with E-state index in [4.69, 9.17) is 0 Å². The predicted octanol–water partition coefficient (Wildman–Crippen LogP) is 1.43. The van der Waals surface area contributed by atoms with Gasteiger partial charge in [-0.25, -0.2) is 0 Å². The Morgan fingerprint density at radius 1 is 1.88 bits per heavy atom. The minimum absolute atomic E-state index is 0.371. The third-order valence-corrected chi connectivity index (χ3v) is 0.947. The fourth-order valence-electron chi connectivity index (χ4n) is 0.115. The largest absolute Gasteiger partial charge is 0.297 e. The predicted molar refractivity (Wildman–Crippen MR) is 33.6 cm³/mol. The van der Waals surface area contributed by atoms with Crippen molar-refractivity contribution in [3.8, 4) is 0 Å². The first-order chi connectivity index (χ1) is 3.81. The average Bonchev–Trinajstić information content (AvgIpc) is 1.83. The van der Waals surface area contributed by atoms with Gasteiger partial charge in [0.15, 0.2) is 6.29 Å². The van der Waals surface area contributed by atoms with Gasteiger partial charge < -0.3 is 0 Å². The number of nitrogens with zero attached hydrogens (tertiary/aromatic N) is 2. The molecule has 0 saturated heterocycles. The van der Waals surface area contributed by atoms with Crippen LogP contribution in [0, 0.1) is 0 Å². The molecule has 0 heterocycles. The van der Waals surface area contributed by atoms with Crippen LogP contribution in [-0.4, -0.2) is 13.3 Å². The minimum atomic E-state index is 0.371. The van der Waals surface area contributed by atoms with Gasteiger partial charge in [0.25, 0.3) is 0 Å². The molecule has 0 aliphatic heterocycles. The average molecular weight is 130 g/mol. The van der Waals surface area contributed by atoms with Crippen molar-refractivity contribution in [3.63, 3.8) is 0 Å². The summed E-state index contributed by atoms with van der Waals surface area (Å²) in [5, 5.41) is 3.39. The van der Waals surface area contributed by atoms with Crippen molar-refractivity contribution in [3.05, 3.63) is 11.5 Å². The van der Waals surface area contributed by atoms with Crippen LogP contribution >= 0.6 is 11.9 Å². The highest BCUT2D eigenvalue weighted by Crippen LogP contribution is 2.10. The summed E-state index contributed by atoms with van der Waals surface area (Å²) in [6.07, 6.45) is 0.638. The Labute approximate surface area is 52.0 Å². The second-order valence-corrected chi connectivity index (χ2v) is 1.83. The van der Waals surface area contributed by atoms with Gasteiger partial charge in [0.1, 0.15) is 0 Å². The van der Waals surface area contributed by atoms with Crippen LogP contribution in [0.3, 0.4) is 0 Å². The van der Waals surface area contributed by atoms with Gasteiger partial charge in [-0.2, -0.15) is 5.11 Å². The van der Waals surface area contributed by atoms with Crippen LogP contribution in [-0.2, 0) is 4.79 Å². The smallest absolute Gasteiger partial charge is 0.157 e. The van der Waals surface area contributed by atoms with Crippen molar-refractivity contribution in [2.75, 3.05) is 7.05 Å². The van der Waals surface area contributed by atoms with E-state index in [0.717, 1.165) is 11.9 Å². The molecular formula is C4H6N2OS. The lowest BCUT2D eigenvalue weighted by atomic mass is 10.7. The molecule has 3 nitrogen and oxygen atoms in total. The zero-order chi connectivity index (χ0) is 6.41. The maximum absolute atomic E-state index is 9.79. The molecule has 8 heavy (non-hydrogen) atoms. The van der Waals surface area contributed by atoms with Crippen LogP contribution in [0.4, 0.5) is 0 Å². The van der Waals surface area contributed by atoms with E-state index in [0.29, 0.717) is 11.2 Å². The molecule has 0 aliphatic rings.